The van der Waals surface area contributed by atoms with Crippen molar-refractivity contribution in [3.8, 4) is 0 Å². The molecule has 9 unspecified atom stereocenters. The molecule has 0 aromatic carbocycles. The van der Waals surface area contributed by atoms with Gasteiger partial charge in [0, 0.05) is 0 Å². The van der Waals surface area contributed by atoms with E-state index in [1.54, 1.807) is 0 Å². The maximum Gasteiger partial charge on any atom is 1.00 e. The van der Waals surface area contributed by atoms with Gasteiger partial charge in [-0.2, -0.15) is 0 Å². The zero-order valence-corrected chi connectivity index (χ0v) is 30.9. The van der Waals surface area contributed by atoms with Crippen molar-refractivity contribution in [1.29, 1.82) is 0 Å². The van der Waals surface area contributed by atoms with Gasteiger partial charge in [0.2, 0.25) is 0 Å². The minimum Gasteiger partial charge on any atom is -0.790 e. The molecule has 2 fully saturated rings. The van der Waals surface area contributed by atoms with E-state index in [-0.39, 0.29) is 94.5 Å². The van der Waals surface area contributed by atoms with Crippen LogP contribution in [0.25, 0.3) is 0 Å². The number of hydrogen-bond donors (Lipinski definition) is 0. The Labute approximate surface area is 273 Å². The van der Waals surface area contributed by atoms with Crippen LogP contribution in [-0.4, -0.2) is 17.8 Å². The minimum atomic E-state index is -5.00. The molecule has 0 amide bonds. The summed E-state index contributed by atoms with van der Waals surface area (Å²) in [4.78, 5) is 22.6. The zero-order chi connectivity index (χ0) is 26.4. The fourth-order valence-electron chi connectivity index (χ4n) is 6.82. The van der Waals surface area contributed by atoms with Crippen molar-refractivity contribution in [3.05, 3.63) is 0 Å². The van der Waals surface area contributed by atoms with Crippen LogP contribution in [0.2, 0.25) is 0 Å². The Morgan fingerprint density at radius 3 is 1.89 bits per heavy atom. The van der Waals surface area contributed by atoms with Crippen LogP contribution in [0.5, 0.6) is 0 Å². The quantitative estimate of drug-likeness (QED) is 0.235. The average Bonchev–Trinajstić information content (AvgIpc) is 2.74. The number of phosphoric ester groups is 1. The second-order valence-electron chi connectivity index (χ2n) is 13.2. The molecule has 1 aliphatic carbocycles. The summed E-state index contributed by atoms with van der Waals surface area (Å²) in [6.45, 7) is 17.9. The fraction of sp³-hybridized carbons (Fsp3) is 1.00. The van der Waals surface area contributed by atoms with E-state index in [2.05, 4.69) is 41.5 Å². The van der Waals surface area contributed by atoms with Crippen molar-refractivity contribution in [1.82, 2.24) is 0 Å². The normalized spacial score (nSPS) is 33.7. The molecule has 0 radical (unpaired) electrons. The van der Waals surface area contributed by atoms with Gasteiger partial charge in [-0.15, -0.1) is 0 Å². The molecule has 37 heavy (non-hydrogen) atoms. The average molecular weight is 561 g/mol. The van der Waals surface area contributed by atoms with Crippen LogP contribution in [-0.2, 0) is 13.8 Å². The number of hydrogen-bond acceptors (Lipinski definition) is 5. The van der Waals surface area contributed by atoms with Crippen molar-refractivity contribution in [3.63, 3.8) is 0 Å². The maximum atomic E-state index is 11.3. The number of phosphoric acid groups is 1. The smallest absolute Gasteiger partial charge is 0.790 e. The summed E-state index contributed by atoms with van der Waals surface area (Å²) in [5.41, 5.74) is -0.112. The first-order valence-electron chi connectivity index (χ1n) is 14.6. The Morgan fingerprint density at radius 1 is 0.865 bits per heavy atom. The number of rotatable bonds is 14. The topological polar surface area (TPSA) is 81.7 Å². The molecular formula is C29H55Na2O5P. The molecule has 1 saturated heterocycles. The molecular weight excluding hydrogens is 505 g/mol. The second kappa shape index (κ2) is 17.9. The van der Waals surface area contributed by atoms with Gasteiger partial charge >= 0.3 is 59.1 Å². The van der Waals surface area contributed by atoms with Crippen LogP contribution in [0.4, 0.5) is 0 Å². The Bertz CT molecular complexity index is 675. The standard InChI is InChI=1S/C29H57O5P.2Na/c1-20(2)12-9-13-21(3)14-10-15-22(4)16-11-18-29(8)19-17-26-25(7)27(34-35(30,31)32)23(5)24(6)28(26)33-29;;/h20-28H,9-19H2,1-8H3,(H2,30,31,32);;/q;2*+1/p-2. The van der Waals surface area contributed by atoms with Gasteiger partial charge in [-0.3, -0.25) is 0 Å². The largest absolute Gasteiger partial charge is 1.00 e. The molecule has 0 aromatic rings. The van der Waals surface area contributed by atoms with Gasteiger partial charge in [0.25, 0.3) is 0 Å². The summed E-state index contributed by atoms with van der Waals surface area (Å²) >= 11 is 0. The SMILES string of the molecule is CC(C)CCCC(C)CCCC(C)CCCC1(C)CCC2C(C)C(OP(=O)([O-])[O-])C(C)C(C)C2O1.[Na+].[Na+]. The monoisotopic (exact) mass is 560 g/mol. The first-order valence-corrected chi connectivity index (χ1v) is 16.1. The fourth-order valence-corrected chi connectivity index (χ4v) is 7.50. The van der Waals surface area contributed by atoms with E-state index in [0.717, 1.165) is 37.0 Å². The number of ether oxygens (including phenoxy) is 1. The molecule has 2 aliphatic rings. The Balaban J connectivity index is 0.00000648. The number of fused-ring (bicyclic) bond motifs is 1. The molecule has 1 aliphatic heterocycles. The Kier molecular flexibility index (Phi) is 18.9. The summed E-state index contributed by atoms with van der Waals surface area (Å²) < 4.78 is 23.1. The zero-order valence-electron chi connectivity index (χ0n) is 26.0. The summed E-state index contributed by atoms with van der Waals surface area (Å²) in [5, 5.41) is 0. The first-order chi connectivity index (χ1) is 16.2. The van der Waals surface area contributed by atoms with Crippen molar-refractivity contribution >= 4 is 7.82 Å². The molecule has 5 nitrogen and oxygen atoms in total. The first kappa shape index (κ1) is 39.1. The molecule has 1 saturated carbocycles. The minimum absolute atomic E-state index is 0. The van der Waals surface area contributed by atoms with Crippen molar-refractivity contribution in [2.45, 2.75) is 144 Å². The molecule has 1 heterocycles. The molecule has 0 bridgehead atoms. The van der Waals surface area contributed by atoms with Crippen molar-refractivity contribution < 1.29 is 82.7 Å². The third kappa shape index (κ3) is 13.3. The van der Waals surface area contributed by atoms with Gasteiger partial charge in [-0.25, -0.2) is 0 Å². The maximum absolute atomic E-state index is 11.3. The van der Waals surface area contributed by atoms with Gasteiger partial charge < -0.3 is 23.6 Å². The van der Waals surface area contributed by atoms with Crippen molar-refractivity contribution in [2.24, 2.45) is 41.4 Å². The van der Waals surface area contributed by atoms with E-state index in [4.69, 9.17) is 9.26 Å². The van der Waals surface area contributed by atoms with E-state index in [1.165, 1.54) is 51.4 Å². The van der Waals surface area contributed by atoms with E-state index in [1.807, 2.05) is 13.8 Å². The van der Waals surface area contributed by atoms with Gasteiger partial charge in [0.1, 0.15) is 0 Å². The Hall–Kier alpha value is 2.07. The molecule has 208 valence electrons. The van der Waals surface area contributed by atoms with Crippen molar-refractivity contribution in [2.75, 3.05) is 0 Å². The Morgan fingerprint density at radius 2 is 1.38 bits per heavy atom. The molecule has 0 N–H and O–H groups in total. The molecule has 0 spiro atoms. The van der Waals surface area contributed by atoms with E-state index >= 15 is 0 Å². The van der Waals surface area contributed by atoms with E-state index in [9.17, 15) is 14.4 Å². The third-order valence-electron chi connectivity index (χ3n) is 9.43. The van der Waals surface area contributed by atoms with Crippen LogP contribution < -0.4 is 68.9 Å². The van der Waals surface area contributed by atoms with Crippen LogP contribution in [0.3, 0.4) is 0 Å². The van der Waals surface area contributed by atoms with Crippen LogP contribution >= 0.6 is 7.82 Å². The van der Waals surface area contributed by atoms with Gasteiger partial charge in [-0.1, -0.05) is 99.8 Å². The molecule has 8 heteroatoms. The van der Waals surface area contributed by atoms with Gasteiger partial charge in [-0.05, 0) is 67.6 Å². The molecule has 0 aromatic heterocycles. The summed E-state index contributed by atoms with van der Waals surface area (Å²) in [6, 6.07) is 0. The predicted octanol–water partition coefficient (Wildman–Crippen LogP) is 1.12. The van der Waals surface area contributed by atoms with Crippen LogP contribution in [0.15, 0.2) is 0 Å². The van der Waals surface area contributed by atoms with Crippen LogP contribution in [0, 0.1) is 41.4 Å². The van der Waals surface area contributed by atoms with E-state index < -0.39 is 13.9 Å². The van der Waals surface area contributed by atoms with Crippen LogP contribution in [0.1, 0.15) is 126 Å². The second-order valence-corrected chi connectivity index (χ2v) is 14.3. The molecule has 9 atom stereocenters. The summed E-state index contributed by atoms with van der Waals surface area (Å²) in [7, 11) is -5.00. The summed E-state index contributed by atoms with van der Waals surface area (Å²) in [6.07, 6.45) is 13.2. The van der Waals surface area contributed by atoms with Gasteiger partial charge in [0.05, 0.1) is 25.6 Å². The van der Waals surface area contributed by atoms with E-state index in [0.29, 0.717) is 0 Å². The van der Waals surface area contributed by atoms with Gasteiger partial charge in [0.15, 0.2) is 0 Å². The predicted molar refractivity (Wildman–Crippen MR) is 141 cm³/mol. The molecule has 2 rings (SSSR count). The summed E-state index contributed by atoms with van der Waals surface area (Å²) in [5.74, 6) is 2.81. The third-order valence-corrected chi connectivity index (χ3v) is 9.94.